The van der Waals surface area contributed by atoms with Gasteiger partial charge in [0.1, 0.15) is 0 Å². The number of carbonyl (C=O) groups excluding carboxylic acids is 1. The highest BCUT2D eigenvalue weighted by Gasteiger charge is 2.36. The zero-order valence-corrected chi connectivity index (χ0v) is 16.6. The molecular weight excluding hydrogens is 384 g/mol. The van der Waals surface area contributed by atoms with Crippen LogP contribution in [0.1, 0.15) is 18.9 Å². The Morgan fingerprint density at radius 1 is 1.10 bits per heavy atom. The Balaban J connectivity index is 1.77. The molecule has 3 rings (SSSR count). The maximum atomic E-state index is 12.5. The highest BCUT2D eigenvalue weighted by Crippen LogP contribution is 2.26. The van der Waals surface area contributed by atoms with Crippen LogP contribution in [0.3, 0.4) is 0 Å². The Bertz CT molecular complexity index is 931. The Kier molecular flexibility index (Phi) is 6.68. The monoisotopic (exact) mass is 408 g/mol. The van der Waals surface area contributed by atoms with E-state index in [1.807, 2.05) is 54.6 Å². The van der Waals surface area contributed by atoms with Crippen molar-refractivity contribution < 1.29 is 19.8 Å². The van der Waals surface area contributed by atoms with Gasteiger partial charge in [-0.05, 0) is 41.7 Å². The topological polar surface area (TPSA) is 124 Å². The van der Waals surface area contributed by atoms with E-state index in [-0.39, 0.29) is 6.42 Å². The van der Waals surface area contributed by atoms with Crippen molar-refractivity contribution in [3.63, 3.8) is 0 Å². The van der Waals surface area contributed by atoms with Crippen molar-refractivity contribution in [3.05, 3.63) is 60.2 Å². The molecule has 30 heavy (non-hydrogen) atoms. The molecule has 156 valence electrons. The Morgan fingerprint density at radius 2 is 1.77 bits per heavy atom. The van der Waals surface area contributed by atoms with Gasteiger partial charge < -0.3 is 15.5 Å². The second-order valence-electron chi connectivity index (χ2n) is 7.61. The molecule has 1 heterocycles. The van der Waals surface area contributed by atoms with Crippen LogP contribution in [0.2, 0.25) is 0 Å². The summed E-state index contributed by atoms with van der Waals surface area (Å²) in [6, 6.07) is 16.5. The van der Waals surface area contributed by atoms with Crippen molar-refractivity contribution in [1.82, 2.24) is 5.32 Å². The molecule has 1 aliphatic heterocycles. The van der Waals surface area contributed by atoms with Crippen molar-refractivity contribution in [2.24, 2.45) is 20.9 Å². The van der Waals surface area contributed by atoms with Crippen LogP contribution in [-0.2, 0) is 16.0 Å². The summed E-state index contributed by atoms with van der Waals surface area (Å²) in [5, 5.41) is 32.7. The van der Waals surface area contributed by atoms with Crippen molar-refractivity contribution in [2.45, 2.75) is 31.8 Å². The molecule has 2 aromatic carbocycles. The molecule has 0 aromatic heterocycles. The summed E-state index contributed by atoms with van der Waals surface area (Å²) in [7, 11) is 0. The first-order valence-electron chi connectivity index (χ1n) is 9.63. The second kappa shape index (κ2) is 9.41. The smallest absolute Gasteiger partial charge is 0.311 e. The summed E-state index contributed by atoms with van der Waals surface area (Å²) >= 11 is 0. The number of hydrogen-bond acceptors (Lipinski definition) is 6. The van der Waals surface area contributed by atoms with Gasteiger partial charge in [0, 0.05) is 6.04 Å². The lowest BCUT2D eigenvalue weighted by Crippen LogP contribution is -2.46. The molecule has 8 nitrogen and oxygen atoms in total. The minimum Gasteiger partial charge on any atom is -0.481 e. The van der Waals surface area contributed by atoms with E-state index in [1.54, 1.807) is 0 Å². The highest BCUT2D eigenvalue weighted by molar-refractivity contribution is 5.98. The summed E-state index contributed by atoms with van der Waals surface area (Å²) in [4.78, 5) is 24.1. The molecule has 1 amide bonds. The first-order chi connectivity index (χ1) is 14.4. The first-order valence-corrected chi connectivity index (χ1v) is 9.63. The van der Waals surface area contributed by atoms with Crippen molar-refractivity contribution in [2.75, 3.05) is 6.61 Å². The number of carboxylic acids is 1. The number of nitrogens with one attached hydrogen (secondary N) is 1. The zero-order valence-electron chi connectivity index (χ0n) is 16.6. The molecule has 2 aromatic rings. The maximum absolute atomic E-state index is 12.5. The van der Waals surface area contributed by atoms with Crippen LogP contribution >= 0.6 is 0 Å². The molecule has 3 N–H and O–H groups in total. The molecule has 1 unspecified atom stereocenters. The zero-order chi connectivity index (χ0) is 21.6. The molecule has 0 aliphatic carbocycles. The third-order valence-corrected chi connectivity index (χ3v) is 5.16. The largest absolute Gasteiger partial charge is 0.481 e. The predicted molar refractivity (Wildman–Crippen MR) is 112 cm³/mol. The first kappa shape index (κ1) is 21.3. The van der Waals surface area contributed by atoms with Gasteiger partial charge in [0.15, 0.2) is 6.04 Å². The van der Waals surface area contributed by atoms with Gasteiger partial charge in [0.2, 0.25) is 0 Å². The normalized spacial score (nSPS) is 18.0. The number of carbonyl (C=O) groups is 2. The number of benzene rings is 2. The Hall–Kier alpha value is -3.39. The van der Waals surface area contributed by atoms with Crippen molar-refractivity contribution in [3.8, 4) is 11.1 Å². The lowest BCUT2D eigenvalue weighted by atomic mass is 9.82. The van der Waals surface area contributed by atoms with Gasteiger partial charge in [0.05, 0.1) is 18.2 Å². The summed E-state index contributed by atoms with van der Waals surface area (Å²) in [6.45, 7) is 0.927. The lowest BCUT2D eigenvalue weighted by molar-refractivity contribution is -0.151. The number of aliphatic carboxylic acids is 1. The number of amides is 1. The van der Waals surface area contributed by atoms with Crippen LogP contribution < -0.4 is 5.32 Å². The fraction of sp³-hybridized carbons (Fsp3) is 0.318. The molecule has 8 heteroatoms. The van der Waals surface area contributed by atoms with Crippen LogP contribution in [0.5, 0.6) is 0 Å². The summed E-state index contributed by atoms with van der Waals surface area (Å²) in [6.07, 6.45) is 1.79. The highest BCUT2D eigenvalue weighted by atomic mass is 16.4. The van der Waals surface area contributed by atoms with E-state index in [4.69, 9.17) is 0 Å². The van der Waals surface area contributed by atoms with Crippen LogP contribution in [0.4, 0.5) is 0 Å². The second-order valence-corrected chi connectivity index (χ2v) is 7.61. The SMILES string of the molecule is C[C@@](CO)(C[C@@H](Cc1ccc(-c2ccccc2)cc1)NC(=O)C1C=NN=N1)C(=O)O. The standard InChI is InChI=1S/C22H24N4O4/c1-22(14-27,21(29)30)12-18(24-20(28)19-13-23-26-25-19)11-15-7-9-17(10-8-15)16-5-3-2-4-6-16/h2-10,13,18-19,27H,11-12,14H2,1H3,(H,24,28)(H,29,30)/t18-,19?,22+/m1/s1. The average Bonchev–Trinajstić information content (AvgIpc) is 3.30. The average molecular weight is 408 g/mol. The van der Waals surface area contributed by atoms with Gasteiger partial charge in [-0.2, -0.15) is 0 Å². The fourth-order valence-electron chi connectivity index (χ4n) is 3.30. The molecule has 3 atom stereocenters. The molecule has 1 aliphatic rings. The molecule has 0 saturated heterocycles. The van der Waals surface area contributed by atoms with Crippen LogP contribution in [0, 0.1) is 5.41 Å². The van der Waals surface area contributed by atoms with Gasteiger partial charge in [-0.1, -0.05) is 54.6 Å². The number of carboxylic acid groups (broad SMARTS) is 1. The van der Waals surface area contributed by atoms with Crippen molar-refractivity contribution in [1.29, 1.82) is 0 Å². The number of aliphatic hydroxyl groups excluding tert-OH is 1. The minimum absolute atomic E-state index is 0.0615. The van der Waals surface area contributed by atoms with Crippen LogP contribution in [0.25, 0.3) is 11.1 Å². The summed E-state index contributed by atoms with van der Waals surface area (Å²) in [5.74, 6) is -1.53. The van der Waals surface area contributed by atoms with E-state index < -0.39 is 36.0 Å². The number of hydrogen-bond donors (Lipinski definition) is 3. The van der Waals surface area contributed by atoms with Gasteiger partial charge in [0.25, 0.3) is 5.91 Å². The molecule has 0 fully saturated rings. The van der Waals surface area contributed by atoms with Gasteiger partial charge in [-0.25, -0.2) is 0 Å². The fourth-order valence-corrected chi connectivity index (χ4v) is 3.30. The molecule has 0 saturated carbocycles. The summed E-state index contributed by atoms with van der Waals surface area (Å²) in [5.41, 5.74) is 1.71. The minimum atomic E-state index is -1.38. The summed E-state index contributed by atoms with van der Waals surface area (Å²) < 4.78 is 0. The number of aliphatic hydroxyl groups is 1. The van der Waals surface area contributed by atoms with Crippen molar-refractivity contribution >= 4 is 18.1 Å². The van der Waals surface area contributed by atoms with Gasteiger partial charge in [-0.15, -0.1) is 10.2 Å². The Labute approximate surface area is 174 Å². The van der Waals surface area contributed by atoms with E-state index in [9.17, 15) is 19.8 Å². The van der Waals surface area contributed by atoms with E-state index in [2.05, 4.69) is 20.8 Å². The molecule has 0 radical (unpaired) electrons. The predicted octanol–water partition coefficient (Wildman–Crippen LogP) is 2.67. The van der Waals surface area contributed by atoms with E-state index >= 15 is 0 Å². The van der Waals surface area contributed by atoms with Crippen LogP contribution in [0.15, 0.2) is 70.0 Å². The third kappa shape index (κ3) is 5.15. The molecule has 0 spiro atoms. The quantitative estimate of drug-likeness (QED) is 0.590. The molecular formula is C22H24N4O4. The van der Waals surface area contributed by atoms with E-state index in [0.717, 1.165) is 16.7 Å². The van der Waals surface area contributed by atoms with Gasteiger partial charge in [-0.3, -0.25) is 9.59 Å². The van der Waals surface area contributed by atoms with E-state index in [1.165, 1.54) is 13.1 Å². The molecule has 0 bridgehead atoms. The maximum Gasteiger partial charge on any atom is 0.311 e. The Morgan fingerprint density at radius 3 is 2.33 bits per heavy atom. The van der Waals surface area contributed by atoms with Crippen LogP contribution in [-0.4, -0.2) is 47.0 Å². The van der Waals surface area contributed by atoms with Gasteiger partial charge >= 0.3 is 5.97 Å². The number of nitrogens with zero attached hydrogens (tertiary/aromatic N) is 3. The third-order valence-electron chi connectivity index (χ3n) is 5.16. The lowest BCUT2D eigenvalue weighted by Gasteiger charge is -2.29. The van der Waals surface area contributed by atoms with E-state index in [0.29, 0.717) is 6.42 Å². The number of rotatable bonds is 9.